The van der Waals surface area contributed by atoms with Crippen molar-refractivity contribution in [1.82, 2.24) is 19.2 Å². The first-order valence-corrected chi connectivity index (χ1v) is 10.2. The minimum Gasteiger partial charge on any atom is -0.375 e. The molecule has 0 N–H and O–H groups in total. The Morgan fingerprint density at radius 2 is 1.87 bits per heavy atom. The van der Waals surface area contributed by atoms with Gasteiger partial charge in [0.1, 0.15) is 12.3 Å². The molecule has 3 heterocycles. The van der Waals surface area contributed by atoms with Gasteiger partial charge in [-0.25, -0.2) is 4.98 Å². The van der Waals surface area contributed by atoms with E-state index >= 15 is 0 Å². The number of nitrogens with zero attached hydrogens (tertiary/aromatic N) is 5. The van der Waals surface area contributed by atoms with Crippen molar-refractivity contribution < 1.29 is 14.5 Å². The fourth-order valence-electron chi connectivity index (χ4n) is 3.76. The highest BCUT2D eigenvalue weighted by Gasteiger charge is 2.24. The third kappa shape index (κ3) is 4.53. The van der Waals surface area contributed by atoms with E-state index < -0.39 is 4.92 Å². The average Bonchev–Trinajstić information content (AvgIpc) is 3.12. The summed E-state index contributed by atoms with van der Waals surface area (Å²) in [6.07, 6.45) is 1.51. The van der Waals surface area contributed by atoms with Gasteiger partial charge in [-0.2, -0.15) is 0 Å². The van der Waals surface area contributed by atoms with Gasteiger partial charge < -0.3 is 9.64 Å². The molecule has 1 fully saturated rings. The summed E-state index contributed by atoms with van der Waals surface area (Å²) >= 11 is 6.04. The van der Waals surface area contributed by atoms with Crippen molar-refractivity contribution in [2.24, 2.45) is 0 Å². The van der Waals surface area contributed by atoms with Gasteiger partial charge >= 0.3 is 0 Å². The molecule has 1 saturated heterocycles. The SMILES string of the molecule is COCC(=O)N1CCN(Cc2c(-c3ccc(Cl)cc3)nc3ccc([N+](=O)[O-])cn23)CC1. The van der Waals surface area contributed by atoms with Crippen LogP contribution in [0.25, 0.3) is 16.9 Å². The largest absolute Gasteiger partial charge is 0.375 e. The number of pyridine rings is 1. The topological polar surface area (TPSA) is 93.2 Å². The Labute approximate surface area is 183 Å². The van der Waals surface area contributed by atoms with Crippen LogP contribution in [0, 0.1) is 10.1 Å². The molecule has 1 aromatic carbocycles. The zero-order chi connectivity index (χ0) is 22.0. The number of carbonyl (C=O) groups is 1. The summed E-state index contributed by atoms with van der Waals surface area (Å²) in [6, 6.07) is 10.5. The normalized spacial score (nSPS) is 14.8. The third-order valence-corrected chi connectivity index (χ3v) is 5.65. The molecule has 0 radical (unpaired) electrons. The first-order valence-electron chi connectivity index (χ1n) is 9.86. The summed E-state index contributed by atoms with van der Waals surface area (Å²) in [5.41, 5.74) is 3.15. The minimum atomic E-state index is -0.411. The lowest BCUT2D eigenvalue weighted by Crippen LogP contribution is -2.49. The number of hydrogen-bond donors (Lipinski definition) is 0. The van der Waals surface area contributed by atoms with Crippen molar-refractivity contribution >= 4 is 28.8 Å². The van der Waals surface area contributed by atoms with Crippen LogP contribution in [0.5, 0.6) is 0 Å². The Bertz CT molecular complexity index is 1110. The Morgan fingerprint density at radius 3 is 2.52 bits per heavy atom. The lowest BCUT2D eigenvalue weighted by Gasteiger charge is -2.34. The van der Waals surface area contributed by atoms with E-state index in [1.54, 1.807) is 27.5 Å². The van der Waals surface area contributed by atoms with Crippen molar-refractivity contribution in [2.75, 3.05) is 39.9 Å². The predicted octanol–water partition coefficient (Wildman–Crippen LogP) is 2.85. The minimum absolute atomic E-state index is 0.00351. The Kier molecular flexibility index (Phi) is 6.17. The van der Waals surface area contributed by atoms with Gasteiger partial charge in [0.2, 0.25) is 5.91 Å². The highest BCUT2D eigenvalue weighted by atomic mass is 35.5. The van der Waals surface area contributed by atoms with Crippen LogP contribution in [0.4, 0.5) is 5.69 Å². The Morgan fingerprint density at radius 1 is 1.16 bits per heavy atom. The van der Waals surface area contributed by atoms with E-state index in [9.17, 15) is 14.9 Å². The highest BCUT2D eigenvalue weighted by molar-refractivity contribution is 6.30. The number of amides is 1. The standard InChI is InChI=1S/C21H22ClN5O4/c1-31-14-20(28)25-10-8-24(9-11-25)13-18-21(15-2-4-16(22)5-3-15)23-19-7-6-17(27(29)30)12-26(18)19/h2-7,12H,8-11,13-14H2,1H3. The van der Waals surface area contributed by atoms with Gasteiger partial charge in [-0.1, -0.05) is 23.7 Å². The summed E-state index contributed by atoms with van der Waals surface area (Å²) in [5.74, 6) is -0.0190. The first kappa shape index (κ1) is 21.2. The van der Waals surface area contributed by atoms with E-state index in [2.05, 4.69) is 4.90 Å². The third-order valence-electron chi connectivity index (χ3n) is 5.40. The molecule has 1 aliphatic rings. The number of fused-ring (bicyclic) bond motifs is 1. The second-order valence-corrected chi connectivity index (χ2v) is 7.81. The number of benzene rings is 1. The molecule has 4 rings (SSSR count). The molecule has 0 atom stereocenters. The van der Waals surface area contributed by atoms with Crippen LogP contribution in [-0.2, 0) is 16.1 Å². The maximum Gasteiger partial charge on any atom is 0.286 e. The fraction of sp³-hybridized carbons (Fsp3) is 0.333. The van der Waals surface area contributed by atoms with Gasteiger partial charge in [-0.15, -0.1) is 0 Å². The number of rotatable bonds is 6. The lowest BCUT2D eigenvalue weighted by atomic mass is 10.1. The second kappa shape index (κ2) is 9.01. The maximum atomic E-state index is 12.1. The predicted molar refractivity (Wildman–Crippen MR) is 116 cm³/mol. The van der Waals surface area contributed by atoms with E-state index in [0.717, 1.165) is 17.0 Å². The molecule has 2 aromatic heterocycles. The molecule has 0 saturated carbocycles. The van der Waals surface area contributed by atoms with Crippen LogP contribution < -0.4 is 0 Å². The molecule has 0 spiro atoms. The number of piperazine rings is 1. The van der Waals surface area contributed by atoms with Crippen molar-refractivity contribution in [3.8, 4) is 11.3 Å². The molecule has 1 aliphatic heterocycles. The van der Waals surface area contributed by atoms with Crippen LogP contribution in [0.2, 0.25) is 5.02 Å². The molecule has 162 valence electrons. The smallest absolute Gasteiger partial charge is 0.286 e. The average molecular weight is 444 g/mol. The number of hydrogen-bond acceptors (Lipinski definition) is 6. The van der Waals surface area contributed by atoms with E-state index in [1.807, 2.05) is 12.1 Å². The van der Waals surface area contributed by atoms with Crippen LogP contribution in [0.1, 0.15) is 5.69 Å². The van der Waals surface area contributed by atoms with Gasteiger partial charge in [-0.3, -0.25) is 24.2 Å². The molecule has 3 aromatic rings. The van der Waals surface area contributed by atoms with E-state index in [0.29, 0.717) is 43.4 Å². The Balaban J connectivity index is 1.65. The second-order valence-electron chi connectivity index (χ2n) is 7.38. The quantitative estimate of drug-likeness (QED) is 0.429. The fourth-order valence-corrected chi connectivity index (χ4v) is 3.89. The van der Waals surface area contributed by atoms with Gasteiger partial charge in [0.05, 0.1) is 22.5 Å². The summed E-state index contributed by atoms with van der Waals surface area (Å²) in [5, 5.41) is 11.9. The molecule has 1 amide bonds. The van der Waals surface area contributed by atoms with Crippen LogP contribution in [0.3, 0.4) is 0 Å². The number of halogens is 1. The highest BCUT2D eigenvalue weighted by Crippen LogP contribution is 2.28. The zero-order valence-electron chi connectivity index (χ0n) is 17.0. The maximum absolute atomic E-state index is 12.1. The van der Waals surface area contributed by atoms with Gasteiger partial charge in [0, 0.05) is 56.5 Å². The number of aromatic nitrogens is 2. The number of ether oxygens (including phenoxy) is 1. The monoisotopic (exact) mass is 443 g/mol. The van der Waals surface area contributed by atoms with Crippen LogP contribution in [-0.4, -0.2) is 69.9 Å². The summed E-state index contributed by atoms with van der Waals surface area (Å²) < 4.78 is 6.72. The van der Waals surface area contributed by atoms with Crippen LogP contribution in [0.15, 0.2) is 42.6 Å². The molecule has 31 heavy (non-hydrogen) atoms. The Hall–Kier alpha value is -3.01. The van der Waals surface area contributed by atoms with Crippen LogP contribution >= 0.6 is 11.6 Å². The van der Waals surface area contributed by atoms with Gasteiger partial charge in [0.15, 0.2) is 0 Å². The van der Waals surface area contributed by atoms with Crippen molar-refractivity contribution in [2.45, 2.75) is 6.54 Å². The van der Waals surface area contributed by atoms with Crippen molar-refractivity contribution in [3.63, 3.8) is 0 Å². The number of nitro groups is 1. The molecular weight excluding hydrogens is 422 g/mol. The first-order chi connectivity index (χ1) is 15.0. The molecular formula is C21H22ClN5O4. The summed E-state index contributed by atoms with van der Waals surface area (Å²) in [7, 11) is 1.51. The van der Waals surface area contributed by atoms with Gasteiger partial charge in [0.25, 0.3) is 5.69 Å². The lowest BCUT2D eigenvalue weighted by molar-refractivity contribution is -0.385. The summed E-state index contributed by atoms with van der Waals surface area (Å²) in [4.78, 5) is 31.7. The molecule has 0 bridgehead atoms. The number of carbonyl (C=O) groups excluding carboxylic acids is 1. The summed E-state index contributed by atoms with van der Waals surface area (Å²) in [6.45, 7) is 3.23. The van der Waals surface area contributed by atoms with E-state index in [1.165, 1.54) is 19.4 Å². The molecule has 0 unspecified atom stereocenters. The van der Waals surface area contributed by atoms with Crippen molar-refractivity contribution in [1.29, 1.82) is 0 Å². The molecule has 10 heteroatoms. The number of methoxy groups -OCH3 is 1. The number of imidazole rings is 1. The zero-order valence-corrected chi connectivity index (χ0v) is 17.8. The van der Waals surface area contributed by atoms with E-state index in [-0.39, 0.29) is 18.2 Å². The van der Waals surface area contributed by atoms with Crippen molar-refractivity contribution in [3.05, 3.63) is 63.4 Å². The van der Waals surface area contributed by atoms with Gasteiger partial charge in [-0.05, 0) is 18.2 Å². The van der Waals surface area contributed by atoms with E-state index in [4.69, 9.17) is 21.3 Å². The molecule has 9 nitrogen and oxygen atoms in total. The molecule has 0 aliphatic carbocycles.